The Morgan fingerprint density at radius 1 is 1.09 bits per heavy atom. The molecule has 2 heterocycles. The molecule has 6 rings (SSSR count). The van der Waals surface area contributed by atoms with Crippen molar-refractivity contribution in [1.82, 2.24) is 14.8 Å². The van der Waals surface area contributed by atoms with Gasteiger partial charge in [-0.05, 0) is 85.7 Å². The number of methoxy groups -OCH3 is 1. The fourth-order valence-corrected chi connectivity index (χ4v) is 6.43. The van der Waals surface area contributed by atoms with Gasteiger partial charge in [0.25, 0.3) is 0 Å². The van der Waals surface area contributed by atoms with Gasteiger partial charge in [0.05, 0.1) is 36.2 Å². The van der Waals surface area contributed by atoms with E-state index in [4.69, 9.17) is 14.6 Å². The summed E-state index contributed by atoms with van der Waals surface area (Å²) in [5.41, 5.74) is 4.47. The summed E-state index contributed by atoms with van der Waals surface area (Å²) in [6, 6.07) is 15.9. The number of thiazole rings is 1. The number of esters is 1. The third-order valence-corrected chi connectivity index (χ3v) is 9.21. The number of rotatable bonds is 11. The van der Waals surface area contributed by atoms with Crippen molar-refractivity contribution in [1.29, 1.82) is 0 Å². The quantitative estimate of drug-likeness (QED) is 0.0875. The second-order valence-electron chi connectivity index (χ2n) is 10.7. The van der Waals surface area contributed by atoms with E-state index < -0.39 is 28.7 Å². The highest BCUT2D eigenvalue weighted by Crippen LogP contribution is 2.39. The lowest BCUT2D eigenvalue weighted by molar-refractivity contribution is 0.0520. The maximum Gasteiger partial charge on any atom is 0.357 e. The second kappa shape index (κ2) is 13.0. The first kappa shape index (κ1) is 30.8. The number of nitrogens with zero attached hydrogens (tertiary/aromatic N) is 3. The van der Waals surface area contributed by atoms with Crippen LogP contribution in [0.1, 0.15) is 47.1 Å². The number of carbonyl (C=O) groups is 1. The summed E-state index contributed by atoms with van der Waals surface area (Å²) < 4.78 is 65.2. The normalized spacial score (nSPS) is 13.5. The van der Waals surface area contributed by atoms with Crippen molar-refractivity contribution in [2.45, 2.75) is 37.5 Å². The number of hydrogen-bond acceptors (Lipinski definition) is 8. The first-order chi connectivity index (χ1) is 21.7. The zero-order valence-electron chi connectivity index (χ0n) is 24.5. The Balaban J connectivity index is 1.52. The van der Waals surface area contributed by atoms with Crippen LogP contribution in [0.15, 0.2) is 70.9 Å². The van der Waals surface area contributed by atoms with Crippen LogP contribution in [-0.2, 0) is 32.9 Å². The molecule has 0 N–H and O–H groups in total. The largest absolute Gasteiger partial charge is 0.612 e. The van der Waals surface area contributed by atoms with Crippen LogP contribution >= 0.6 is 11.3 Å². The molecule has 0 amide bonds. The summed E-state index contributed by atoms with van der Waals surface area (Å²) in [6.45, 7) is 1.93. The van der Waals surface area contributed by atoms with Gasteiger partial charge in [-0.2, -0.15) is 5.10 Å². The molecule has 0 radical (unpaired) electrons. The van der Waals surface area contributed by atoms with E-state index in [2.05, 4.69) is 4.98 Å². The molecular formula is C33H29F2N3O5S2. The van der Waals surface area contributed by atoms with Gasteiger partial charge >= 0.3 is 5.97 Å². The molecular weight excluding hydrogens is 621 g/mol. The van der Waals surface area contributed by atoms with Crippen LogP contribution in [0.4, 0.5) is 8.78 Å². The summed E-state index contributed by atoms with van der Waals surface area (Å²) in [6.07, 6.45) is 2.98. The molecule has 0 aliphatic heterocycles. The van der Waals surface area contributed by atoms with Gasteiger partial charge in [0.2, 0.25) is 5.13 Å². The van der Waals surface area contributed by atoms with Crippen molar-refractivity contribution in [3.05, 3.63) is 100 Å². The van der Waals surface area contributed by atoms with Crippen molar-refractivity contribution >= 4 is 28.4 Å². The molecule has 45 heavy (non-hydrogen) atoms. The molecule has 0 saturated heterocycles. The highest BCUT2D eigenvalue weighted by atomic mass is 32.2. The molecule has 8 nitrogen and oxygen atoms in total. The average Bonchev–Trinajstić information content (AvgIpc) is 3.60. The molecule has 3 aromatic carbocycles. The van der Waals surface area contributed by atoms with E-state index in [1.54, 1.807) is 66.6 Å². The number of thiol groups is 1. The van der Waals surface area contributed by atoms with Gasteiger partial charge < -0.3 is 14.0 Å². The molecule has 1 aliphatic carbocycles. The van der Waals surface area contributed by atoms with Gasteiger partial charge in [0.15, 0.2) is 16.4 Å². The van der Waals surface area contributed by atoms with E-state index in [0.29, 0.717) is 51.2 Å². The maximum atomic E-state index is 15.3. The minimum Gasteiger partial charge on any atom is -0.612 e. The van der Waals surface area contributed by atoms with Gasteiger partial charge in [-0.15, -0.1) is 15.5 Å². The summed E-state index contributed by atoms with van der Waals surface area (Å²) in [5, 5.41) is 7.06. The van der Waals surface area contributed by atoms with Crippen molar-refractivity contribution in [3.8, 4) is 33.3 Å². The molecule has 1 unspecified atom stereocenters. The minimum atomic E-state index is -3.09. The Morgan fingerprint density at radius 3 is 2.62 bits per heavy atom. The van der Waals surface area contributed by atoms with Gasteiger partial charge in [0, 0.05) is 28.5 Å². The molecule has 1 saturated carbocycles. The number of carbonyl (C=O) groups excluding carboxylic acids is 1. The number of halogens is 2. The molecule has 232 valence electrons. The van der Waals surface area contributed by atoms with Crippen LogP contribution in [0.25, 0.3) is 27.5 Å². The summed E-state index contributed by atoms with van der Waals surface area (Å²) in [7, 11) is 1.54. The lowest BCUT2D eigenvalue weighted by atomic mass is 9.95. The lowest BCUT2D eigenvalue weighted by Gasteiger charge is -2.11. The molecule has 2 aromatic heterocycles. The van der Waals surface area contributed by atoms with Crippen LogP contribution in [0.3, 0.4) is 0 Å². The molecule has 1 aliphatic rings. The van der Waals surface area contributed by atoms with Crippen molar-refractivity contribution in [2.24, 2.45) is 5.92 Å². The topological polar surface area (TPSA) is 106 Å². The third-order valence-electron chi connectivity index (χ3n) is 7.64. The van der Waals surface area contributed by atoms with E-state index in [1.165, 1.54) is 29.5 Å². The molecule has 12 heteroatoms. The minimum absolute atomic E-state index is 0.166. The fraction of sp³-hybridized carbons (Fsp3) is 0.242. The highest BCUT2D eigenvalue weighted by Gasteiger charge is 2.30. The first-order valence-corrected chi connectivity index (χ1v) is 16.4. The Morgan fingerprint density at radius 2 is 1.91 bits per heavy atom. The molecule has 0 bridgehead atoms. The van der Waals surface area contributed by atoms with Crippen LogP contribution in [0.5, 0.6) is 5.75 Å². The number of ether oxygens (including phenoxy) is 2. The number of hydrogen-bond donors (Lipinski definition) is 0. The van der Waals surface area contributed by atoms with Crippen molar-refractivity contribution < 1.29 is 31.8 Å². The second-order valence-corrected chi connectivity index (χ2v) is 12.5. The standard InChI is InChI=1S/C33H29F2N3O5S2/c1-3-43-32(39)28-18-44-33(36-28)38-29(15-19-7-8-19)25(13-20-9-12-30(45(40)41)27(35)14-20)31(37-38)22-10-11-26(34)24(17-22)21-5-4-6-23(16-21)42-2/h4-6,9-12,14,16-19,45H,3,7-8,13,15H2,1-2H3. The van der Waals surface area contributed by atoms with Gasteiger partial charge in [0.1, 0.15) is 11.6 Å². The fourth-order valence-electron chi connectivity index (χ4n) is 5.22. The van der Waals surface area contributed by atoms with Gasteiger partial charge in [-0.25, -0.2) is 23.2 Å². The average molecular weight is 650 g/mol. The molecule has 1 atom stereocenters. The van der Waals surface area contributed by atoms with E-state index in [9.17, 15) is 17.9 Å². The third kappa shape index (κ3) is 6.58. The Labute approximate surface area is 265 Å². The first-order valence-electron chi connectivity index (χ1n) is 14.4. The van der Waals surface area contributed by atoms with E-state index >= 15 is 4.39 Å². The Bertz CT molecular complexity index is 1920. The van der Waals surface area contributed by atoms with Gasteiger partial charge in [-0.1, -0.05) is 18.2 Å². The summed E-state index contributed by atoms with van der Waals surface area (Å²) in [5.74, 6) is -0.789. The summed E-state index contributed by atoms with van der Waals surface area (Å²) in [4.78, 5) is 16.6. The van der Waals surface area contributed by atoms with Crippen molar-refractivity contribution in [3.63, 3.8) is 0 Å². The molecule has 0 spiro atoms. The van der Waals surface area contributed by atoms with Crippen molar-refractivity contribution in [2.75, 3.05) is 13.7 Å². The van der Waals surface area contributed by atoms with E-state index in [0.717, 1.165) is 24.1 Å². The molecule has 1 fully saturated rings. The highest BCUT2D eigenvalue weighted by molar-refractivity contribution is 7.79. The monoisotopic (exact) mass is 649 g/mol. The smallest absolute Gasteiger partial charge is 0.357 e. The van der Waals surface area contributed by atoms with Crippen LogP contribution in [0, 0.1) is 17.6 Å². The van der Waals surface area contributed by atoms with Crippen LogP contribution < -0.4 is 4.74 Å². The number of benzene rings is 3. The Kier molecular flexibility index (Phi) is 8.88. The predicted molar refractivity (Wildman–Crippen MR) is 167 cm³/mol. The maximum absolute atomic E-state index is 15.3. The zero-order chi connectivity index (χ0) is 31.7. The van der Waals surface area contributed by atoms with E-state index in [1.807, 2.05) is 0 Å². The predicted octanol–water partition coefficient (Wildman–Crippen LogP) is 6.86. The van der Waals surface area contributed by atoms with Crippen LogP contribution in [-0.4, -0.2) is 39.0 Å². The lowest BCUT2D eigenvalue weighted by Crippen LogP contribution is -2.08. The molecule has 5 aromatic rings. The van der Waals surface area contributed by atoms with Crippen LogP contribution in [0.2, 0.25) is 0 Å². The van der Waals surface area contributed by atoms with Gasteiger partial charge in [-0.3, -0.25) is 0 Å². The zero-order valence-corrected chi connectivity index (χ0v) is 26.2. The summed E-state index contributed by atoms with van der Waals surface area (Å²) >= 11 is -1.84. The SMILES string of the molecule is CCOC(=O)c1csc(-n2nc(-c3ccc(F)c(-c4cccc(OC)c4)c3)c(Cc3ccc([SH+](=O)[O-])c(F)c3)c2CC2CC2)n1. The number of aromatic nitrogens is 3. The Hall–Kier alpha value is -4.26. The van der Waals surface area contributed by atoms with E-state index in [-0.39, 0.29) is 23.6 Å².